The van der Waals surface area contributed by atoms with Gasteiger partial charge in [-0.05, 0) is 54.1 Å². The number of methoxy groups -OCH3 is 1. The number of benzene rings is 3. The van der Waals surface area contributed by atoms with Crippen molar-refractivity contribution in [3.63, 3.8) is 0 Å². The Morgan fingerprint density at radius 3 is 2.70 bits per heavy atom. The topological polar surface area (TPSA) is 93.7 Å². The third kappa shape index (κ3) is 4.08. The molecule has 154 valence electrons. The number of hydrogen-bond donors (Lipinski definition) is 2. The maximum atomic E-state index is 12.8. The van der Waals surface area contributed by atoms with Crippen LogP contribution in [-0.4, -0.2) is 28.0 Å². The zero-order chi connectivity index (χ0) is 21.1. The first kappa shape index (κ1) is 19.8. The van der Waals surface area contributed by atoms with E-state index in [-0.39, 0.29) is 10.8 Å². The van der Waals surface area contributed by atoms with Crippen LogP contribution in [0.5, 0.6) is 11.5 Å². The summed E-state index contributed by atoms with van der Waals surface area (Å²) in [6, 6.07) is 18.1. The van der Waals surface area contributed by atoms with E-state index in [9.17, 15) is 13.2 Å². The minimum atomic E-state index is -3.87. The molecule has 0 spiro atoms. The number of para-hydroxylation sites is 2. The smallest absolute Gasteiger partial charge is 0.262 e. The van der Waals surface area contributed by atoms with Crippen molar-refractivity contribution in [2.75, 3.05) is 23.8 Å². The predicted octanol–water partition coefficient (Wildman–Crippen LogP) is 3.68. The van der Waals surface area contributed by atoms with Crippen LogP contribution in [0.3, 0.4) is 0 Å². The second kappa shape index (κ2) is 8.08. The molecule has 0 radical (unpaired) electrons. The molecular weight excluding hydrogens is 404 g/mol. The summed E-state index contributed by atoms with van der Waals surface area (Å²) in [4.78, 5) is 12.6. The summed E-state index contributed by atoms with van der Waals surface area (Å²) in [5, 5.41) is 2.75. The van der Waals surface area contributed by atoms with Crippen molar-refractivity contribution >= 4 is 27.3 Å². The summed E-state index contributed by atoms with van der Waals surface area (Å²) in [6.45, 7) is 0.611. The number of hydrogen-bond acceptors (Lipinski definition) is 5. The van der Waals surface area contributed by atoms with Crippen LogP contribution in [0, 0.1) is 0 Å². The van der Waals surface area contributed by atoms with Crippen molar-refractivity contribution in [1.29, 1.82) is 0 Å². The van der Waals surface area contributed by atoms with Gasteiger partial charge in [-0.25, -0.2) is 8.42 Å². The van der Waals surface area contributed by atoms with Gasteiger partial charge in [0, 0.05) is 17.7 Å². The van der Waals surface area contributed by atoms with Gasteiger partial charge in [0.2, 0.25) is 0 Å². The molecule has 30 heavy (non-hydrogen) atoms. The van der Waals surface area contributed by atoms with E-state index in [2.05, 4.69) is 10.0 Å². The van der Waals surface area contributed by atoms with Crippen molar-refractivity contribution in [1.82, 2.24) is 0 Å². The maximum absolute atomic E-state index is 12.8. The molecule has 3 aromatic carbocycles. The highest BCUT2D eigenvalue weighted by atomic mass is 32.2. The lowest BCUT2D eigenvalue weighted by molar-refractivity contribution is 0.102. The Bertz CT molecular complexity index is 1210. The molecule has 0 saturated heterocycles. The number of rotatable bonds is 6. The number of amides is 1. The summed E-state index contributed by atoms with van der Waals surface area (Å²) >= 11 is 0. The Labute approximate surface area is 174 Å². The Hall–Kier alpha value is -3.52. The van der Waals surface area contributed by atoms with Crippen LogP contribution in [0.15, 0.2) is 71.6 Å². The molecule has 7 nitrogen and oxygen atoms in total. The fraction of sp³-hybridized carbons (Fsp3) is 0.136. The van der Waals surface area contributed by atoms with Gasteiger partial charge in [-0.1, -0.05) is 18.2 Å². The Balaban J connectivity index is 1.54. The van der Waals surface area contributed by atoms with Gasteiger partial charge in [0.25, 0.3) is 15.9 Å². The lowest BCUT2D eigenvalue weighted by atomic mass is 10.1. The first-order chi connectivity index (χ1) is 14.5. The highest BCUT2D eigenvalue weighted by Gasteiger charge is 2.18. The van der Waals surface area contributed by atoms with Gasteiger partial charge in [0.05, 0.1) is 24.3 Å². The predicted molar refractivity (Wildman–Crippen MR) is 114 cm³/mol. The number of ether oxygens (including phenoxy) is 2. The summed E-state index contributed by atoms with van der Waals surface area (Å²) in [7, 11) is -2.41. The van der Waals surface area contributed by atoms with E-state index in [0.717, 1.165) is 17.7 Å². The van der Waals surface area contributed by atoms with Gasteiger partial charge in [0.1, 0.15) is 11.5 Å². The molecule has 8 heteroatoms. The van der Waals surface area contributed by atoms with E-state index in [1.165, 1.54) is 19.2 Å². The van der Waals surface area contributed by atoms with E-state index >= 15 is 0 Å². The van der Waals surface area contributed by atoms with Gasteiger partial charge < -0.3 is 14.8 Å². The monoisotopic (exact) mass is 424 g/mol. The van der Waals surface area contributed by atoms with Crippen LogP contribution < -0.4 is 19.5 Å². The summed E-state index contributed by atoms with van der Waals surface area (Å²) in [6.07, 6.45) is 0.763. The lowest BCUT2D eigenvalue weighted by Gasteiger charge is -2.13. The fourth-order valence-electron chi connectivity index (χ4n) is 3.20. The van der Waals surface area contributed by atoms with Gasteiger partial charge in [-0.2, -0.15) is 0 Å². The third-order valence-electron chi connectivity index (χ3n) is 4.71. The number of fused-ring (bicyclic) bond motifs is 1. The van der Waals surface area contributed by atoms with Gasteiger partial charge >= 0.3 is 0 Å². The Morgan fingerprint density at radius 2 is 1.87 bits per heavy atom. The maximum Gasteiger partial charge on any atom is 0.262 e. The zero-order valence-corrected chi connectivity index (χ0v) is 17.0. The molecule has 0 bridgehead atoms. The third-order valence-corrected chi connectivity index (χ3v) is 6.07. The minimum absolute atomic E-state index is 0.0218. The van der Waals surface area contributed by atoms with Crippen molar-refractivity contribution < 1.29 is 22.7 Å². The highest BCUT2D eigenvalue weighted by Crippen LogP contribution is 2.28. The molecule has 0 unspecified atom stereocenters. The highest BCUT2D eigenvalue weighted by molar-refractivity contribution is 7.92. The molecule has 2 N–H and O–H groups in total. The minimum Gasteiger partial charge on any atom is -0.495 e. The molecule has 1 amide bonds. The number of carbonyl (C=O) groups is 1. The van der Waals surface area contributed by atoms with Gasteiger partial charge in [0.15, 0.2) is 0 Å². The average molecular weight is 424 g/mol. The number of sulfonamides is 1. The standard InChI is InChI=1S/C22H20N2O5S/c1-28-21-8-3-2-7-19(21)24-30(26,27)18-6-4-5-17(14-18)23-22(25)16-9-10-20-15(13-16)11-12-29-20/h2-10,13-14,24H,11-12H2,1H3,(H,23,25). The largest absolute Gasteiger partial charge is 0.495 e. The summed E-state index contributed by atoms with van der Waals surface area (Å²) in [5.74, 6) is 0.880. The number of anilines is 2. The van der Waals surface area contributed by atoms with Crippen LogP contribution in [0.4, 0.5) is 11.4 Å². The molecule has 0 atom stereocenters. The zero-order valence-electron chi connectivity index (χ0n) is 16.2. The number of carbonyl (C=O) groups excluding carboxylic acids is 1. The molecule has 1 aliphatic rings. The molecule has 0 aliphatic carbocycles. The average Bonchev–Trinajstić information content (AvgIpc) is 3.22. The van der Waals surface area contributed by atoms with Gasteiger partial charge in [-0.15, -0.1) is 0 Å². The quantitative estimate of drug-likeness (QED) is 0.630. The van der Waals surface area contributed by atoms with E-state index in [1.54, 1.807) is 54.6 Å². The molecule has 3 aromatic rings. The van der Waals surface area contributed by atoms with Crippen LogP contribution >= 0.6 is 0 Å². The van der Waals surface area contributed by atoms with Crippen molar-refractivity contribution in [3.05, 3.63) is 77.9 Å². The Kier molecular flexibility index (Phi) is 5.33. The molecule has 4 rings (SSSR count). The molecule has 1 heterocycles. The second-order valence-corrected chi connectivity index (χ2v) is 8.39. The fourth-order valence-corrected chi connectivity index (χ4v) is 4.32. The van der Waals surface area contributed by atoms with Crippen molar-refractivity contribution in [2.24, 2.45) is 0 Å². The van der Waals surface area contributed by atoms with E-state index in [0.29, 0.717) is 29.3 Å². The van der Waals surface area contributed by atoms with Crippen LogP contribution in [0.2, 0.25) is 0 Å². The summed E-state index contributed by atoms with van der Waals surface area (Å²) in [5.41, 5.74) is 2.18. The molecule has 0 aromatic heterocycles. The van der Waals surface area contributed by atoms with Crippen LogP contribution in [-0.2, 0) is 16.4 Å². The Morgan fingerprint density at radius 1 is 1.03 bits per heavy atom. The lowest BCUT2D eigenvalue weighted by Crippen LogP contribution is -2.15. The summed E-state index contributed by atoms with van der Waals surface area (Å²) < 4.78 is 38.8. The first-order valence-electron chi connectivity index (χ1n) is 9.29. The van der Waals surface area contributed by atoms with E-state index in [1.807, 2.05) is 0 Å². The molecule has 0 fully saturated rings. The SMILES string of the molecule is COc1ccccc1NS(=O)(=O)c1cccc(NC(=O)c2ccc3c(c2)CCO3)c1. The second-order valence-electron chi connectivity index (χ2n) is 6.71. The van der Waals surface area contributed by atoms with Crippen molar-refractivity contribution in [3.8, 4) is 11.5 Å². The van der Waals surface area contributed by atoms with Crippen LogP contribution in [0.25, 0.3) is 0 Å². The first-order valence-corrected chi connectivity index (χ1v) is 10.8. The number of nitrogens with one attached hydrogen (secondary N) is 2. The van der Waals surface area contributed by atoms with E-state index in [4.69, 9.17) is 9.47 Å². The van der Waals surface area contributed by atoms with Crippen molar-refractivity contribution in [2.45, 2.75) is 11.3 Å². The van der Waals surface area contributed by atoms with E-state index < -0.39 is 10.0 Å². The molecule has 0 saturated carbocycles. The van der Waals surface area contributed by atoms with Gasteiger partial charge in [-0.3, -0.25) is 9.52 Å². The van der Waals surface area contributed by atoms with Crippen LogP contribution in [0.1, 0.15) is 15.9 Å². The normalized spacial score (nSPS) is 12.6. The molecular formula is C22H20N2O5S. The molecule has 1 aliphatic heterocycles.